The third-order valence-corrected chi connectivity index (χ3v) is 2.50. The minimum atomic E-state index is 0.0804. The Morgan fingerprint density at radius 2 is 1.94 bits per heavy atom. The first kappa shape index (κ1) is 10.6. The molecule has 1 aliphatic heterocycles. The average Bonchev–Trinajstić information content (AvgIpc) is 2.32. The highest BCUT2D eigenvalue weighted by Gasteiger charge is 2.14. The summed E-state index contributed by atoms with van der Waals surface area (Å²) in [5, 5.41) is 5.60. The third-order valence-electron chi connectivity index (χ3n) is 2.50. The van der Waals surface area contributed by atoms with Crippen molar-refractivity contribution in [1.29, 1.82) is 0 Å². The Balaban J connectivity index is 2.08. The Kier molecular flexibility index (Phi) is 3.15. The standard InChI is InChI=1S/C13H14N2O/c1-15-13(16)10-9-12(14-15)8-7-11-5-3-2-4-6-11/h2-8H,9-10H2,1H3. The van der Waals surface area contributed by atoms with Crippen LogP contribution in [-0.2, 0) is 4.79 Å². The number of benzene rings is 1. The zero-order valence-corrected chi connectivity index (χ0v) is 9.26. The van der Waals surface area contributed by atoms with Gasteiger partial charge in [0.15, 0.2) is 0 Å². The van der Waals surface area contributed by atoms with Crippen molar-refractivity contribution in [1.82, 2.24) is 5.01 Å². The summed E-state index contributed by atoms with van der Waals surface area (Å²) in [6.07, 6.45) is 5.27. The molecule has 0 unspecified atom stereocenters. The van der Waals surface area contributed by atoms with Gasteiger partial charge >= 0.3 is 0 Å². The summed E-state index contributed by atoms with van der Waals surface area (Å²) in [6, 6.07) is 10.1. The molecular formula is C13H14N2O. The van der Waals surface area contributed by atoms with Gasteiger partial charge in [-0.1, -0.05) is 36.4 Å². The smallest absolute Gasteiger partial charge is 0.242 e. The molecular weight excluding hydrogens is 200 g/mol. The number of hydrazone groups is 1. The molecule has 3 heteroatoms. The van der Waals surface area contributed by atoms with Gasteiger partial charge in [0.1, 0.15) is 0 Å². The number of rotatable bonds is 2. The van der Waals surface area contributed by atoms with Crippen LogP contribution in [0.1, 0.15) is 18.4 Å². The number of carbonyl (C=O) groups excluding carboxylic acids is 1. The molecule has 0 atom stereocenters. The van der Waals surface area contributed by atoms with E-state index in [1.54, 1.807) is 7.05 Å². The van der Waals surface area contributed by atoms with E-state index in [1.165, 1.54) is 5.01 Å². The van der Waals surface area contributed by atoms with Gasteiger partial charge in [-0.15, -0.1) is 0 Å². The SMILES string of the molecule is CN1N=C(C=Cc2ccccc2)CCC1=O. The molecule has 16 heavy (non-hydrogen) atoms. The Bertz CT molecular complexity index is 435. The van der Waals surface area contributed by atoms with Gasteiger partial charge in [0, 0.05) is 19.9 Å². The molecule has 1 amide bonds. The first-order valence-electron chi connectivity index (χ1n) is 5.33. The van der Waals surface area contributed by atoms with Gasteiger partial charge in [-0.25, -0.2) is 5.01 Å². The predicted octanol–water partition coefficient (Wildman–Crippen LogP) is 2.31. The lowest BCUT2D eigenvalue weighted by Crippen LogP contribution is -2.27. The molecule has 0 radical (unpaired) electrons. The average molecular weight is 214 g/mol. The second-order valence-electron chi connectivity index (χ2n) is 3.75. The zero-order valence-electron chi connectivity index (χ0n) is 9.26. The molecule has 1 aliphatic rings. The van der Waals surface area contributed by atoms with Gasteiger partial charge in [-0.2, -0.15) is 5.10 Å². The van der Waals surface area contributed by atoms with Crippen LogP contribution in [0.4, 0.5) is 0 Å². The van der Waals surface area contributed by atoms with Crippen LogP contribution in [0.2, 0.25) is 0 Å². The van der Waals surface area contributed by atoms with E-state index in [0.29, 0.717) is 6.42 Å². The maximum absolute atomic E-state index is 11.2. The lowest BCUT2D eigenvalue weighted by atomic mass is 10.1. The van der Waals surface area contributed by atoms with E-state index in [2.05, 4.69) is 5.10 Å². The monoisotopic (exact) mass is 214 g/mol. The van der Waals surface area contributed by atoms with E-state index in [0.717, 1.165) is 17.7 Å². The third kappa shape index (κ3) is 2.57. The largest absolute Gasteiger partial charge is 0.273 e. The normalized spacial score (nSPS) is 16.7. The Hall–Kier alpha value is -1.90. The van der Waals surface area contributed by atoms with Gasteiger partial charge in [-0.05, 0) is 11.6 Å². The minimum Gasteiger partial charge on any atom is -0.273 e. The summed E-state index contributed by atoms with van der Waals surface area (Å²) >= 11 is 0. The molecule has 1 heterocycles. The molecule has 3 nitrogen and oxygen atoms in total. The van der Waals surface area contributed by atoms with E-state index in [9.17, 15) is 4.79 Å². The highest BCUT2D eigenvalue weighted by molar-refractivity contribution is 6.02. The zero-order chi connectivity index (χ0) is 11.4. The maximum atomic E-state index is 11.2. The van der Waals surface area contributed by atoms with Crippen LogP contribution in [0, 0.1) is 0 Å². The summed E-state index contributed by atoms with van der Waals surface area (Å²) in [5.74, 6) is 0.0804. The summed E-state index contributed by atoms with van der Waals surface area (Å²) in [4.78, 5) is 11.2. The van der Waals surface area contributed by atoms with E-state index in [-0.39, 0.29) is 5.91 Å². The molecule has 0 spiro atoms. The second-order valence-corrected chi connectivity index (χ2v) is 3.75. The van der Waals surface area contributed by atoms with E-state index < -0.39 is 0 Å². The molecule has 82 valence electrons. The Morgan fingerprint density at radius 1 is 1.19 bits per heavy atom. The van der Waals surface area contributed by atoms with Crippen molar-refractivity contribution < 1.29 is 4.79 Å². The number of nitrogens with zero attached hydrogens (tertiary/aromatic N) is 2. The molecule has 1 aromatic rings. The fourth-order valence-corrected chi connectivity index (χ4v) is 1.57. The molecule has 0 aliphatic carbocycles. The fourth-order valence-electron chi connectivity index (χ4n) is 1.57. The topological polar surface area (TPSA) is 32.7 Å². The molecule has 0 aromatic heterocycles. The minimum absolute atomic E-state index is 0.0804. The number of carbonyl (C=O) groups is 1. The van der Waals surface area contributed by atoms with Crippen LogP contribution in [0.3, 0.4) is 0 Å². The van der Waals surface area contributed by atoms with Crippen LogP contribution in [0.5, 0.6) is 0 Å². The van der Waals surface area contributed by atoms with Crippen molar-refractivity contribution in [3.63, 3.8) is 0 Å². The lowest BCUT2D eigenvalue weighted by Gasteiger charge is -2.17. The van der Waals surface area contributed by atoms with Crippen molar-refractivity contribution in [3.8, 4) is 0 Å². The van der Waals surface area contributed by atoms with Crippen LogP contribution in [-0.4, -0.2) is 23.7 Å². The van der Waals surface area contributed by atoms with Crippen molar-refractivity contribution in [2.75, 3.05) is 7.05 Å². The van der Waals surface area contributed by atoms with Crippen molar-refractivity contribution >= 4 is 17.7 Å². The van der Waals surface area contributed by atoms with Crippen molar-refractivity contribution in [2.45, 2.75) is 12.8 Å². The van der Waals surface area contributed by atoms with Crippen molar-refractivity contribution in [3.05, 3.63) is 42.0 Å². The summed E-state index contributed by atoms with van der Waals surface area (Å²) < 4.78 is 0. The predicted molar refractivity (Wildman–Crippen MR) is 64.9 cm³/mol. The van der Waals surface area contributed by atoms with E-state index in [1.807, 2.05) is 42.5 Å². The van der Waals surface area contributed by atoms with Gasteiger partial charge < -0.3 is 0 Å². The highest BCUT2D eigenvalue weighted by atomic mass is 16.2. The van der Waals surface area contributed by atoms with Gasteiger partial charge in [0.2, 0.25) is 5.91 Å². The summed E-state index contributed by atoms with van der Waals surface area (Å²) in [7, 11) is 1.69. The Labute approximate surface area is 95.1 Å². The molecule has 0 saturated carbocycles. The van der Waals surface area contributed by atoms with Crippen LogP contribution < -0.4 is 0 Å². The molecule has 2 rings (SSSR count). The lowest BCUT2D eigenvalue weighted by molar-refractivity contribution is -0.130. The number of hydrogen-bond donors (Lipinski definition) is 0. The van der Waals surface area contributed by atoms with Crippen LogP contribution >= 0.6 is 0 Å². The van der Waals surface area contributed by atoms with Gasteiger partial charge in [0.05, 0.1) is 5.71 Å². The molecule has 0 bridgehead atoms. The quantitative estimate of drug-likeness (QED) is 0.743. The number of allylic oxidation sites excluding steroid dienone is 1. The van der Waals surface area contributed by atoms with E-state index in [4.69, 9.17) is 0 Å². The molecule has 0 saturated heterocycles. The van der Waals surface area contributed by atoms with Crippen LogP contribution in [0.25, 0.3) is 6.08 Å². The number of hydrogen-bond acceptors (Lipinski definition) is 2. The summed E-state index contributed by atoms with van der Waals surface area (Å²) in [6.45, 7) is 0. The molecule has 1 aromatic carbocycles. The Morgan fingerprint density at radius 3 is 2.62 bits per heavy atom. The molecule has 0 fully saturated rings. The highest BCUT2D eigenvalue weighted by Crippen LogP contribution is 2.09. The molecule has 0 N–H and O–H groups in total. The fraction of sp³-hybridized carbons (Fsp3) is 0.231. The van der Waals surface area contributed by atoms with Crippen molar-refractivity contribution in [2.24, 2.45) is 5.10 Å². The second kappa shape index (κ2) is 4.75. The van der Waals surface area contributed by atoms with Gasteiger partial charge in [0.25, 0.3) is 0 Å². The van der Waals surface area contributed by atoms with Crippen LogP contribution in [0.15, 0.2) is 41.5 Å². The summed E-state index contributed by atoms with van der Waals surface area (Å²) in [5.41, 5.74) is 2.09. The number of amides is 1. The van der Waals surface area contributed by atoms with E-state index >= 15 is 0 Å². The first-order chi connectivity index (χ1) is 7.75. The van der Waals surface area contributed by atoms with Gasteiger partial charge in [-0.3, -0.25) is 4.79 Å². The maximum Gasteiger partial charge on any atom is 0.242 e. The first-order valence-corrected chi connectivity index (χ1v) is 5.33.